The van der Waals surface area contributed by atoms with Crippen LogP contribution in [0.25, 0.3) is 11.0 Å². The molecule has 4 heterocycles. The summed E-state index contributed by atoms with van der Waals surface area (Å²) in [6.45, 7) is 4.96. The zero-order valence-corrected chi connectivity index (χ0v) is 15.4. The molecule has 0 radical (unpaired) electrons. The Morgan fingerprint density at radius 2 is 2.24 bits per heavy atom. The Morgan fingerprint density at radius 1 is 1.28 bits per heavy atom. The van der Waals surface area contributed by atoms with Crippen molar-refractivity contribution in [2.75, 3.05) is 26.2 Å². The number of nitrogens with zero attached hydrogens (tertiary/aromatic N) is 4. The summed E-state index contributed by atoms with van der Waals surface area (Å²) in [6, 6.07) is 2.61. The standard InChI is InChI=1S/C19H26ClN5/c20-17-16-4-8-25(18(16)23-13-22-17)15-3-2-14(10-15)11-24-9-6-19(24)5-1-7-21-12-19/h4,8,13-15,21H,1-3,5-7,9-12H2. The molecule has 0 bridgehead atoms. The number of nitrogens with one attached hydrogen (secondary N) is 1. The number of hydrogen-bond acceptors (Lipinski definition) is 4. The molecule has 5 rings (SSSR count). The molecule has 3 fully saturated rings. The van der Waals surface area contributed by atoms with Crippen LogP contribution in [0.1, 0.15) is 44.6 Å². The van der Waals surface area contributed by atoms with Gasteiger partial charge in [-0.1, -0.05) is 11.6 Å². The molecule has 0 aromatic carbocycles. The van der Waals surface area contributed by atoms with E-state index in [9.17, 15) is 0 Å². The van der Waals surface area contributed by atoms with Crippen molar-refractivity contribution in [2.45, 2.75) is 50.1 Å². The van der Waals surface area contributed by atoms with Crippen LogP contribution >= 0.6 is 11.6 Å². The van der Waals surface area contributed by atoms with Crippen LogP contribution in [0.15, 0.2) is 18.6 Å². The van der Waals surface area contributed by atoms with Gasteiger partial charge in [-0.3, -0.25) is 4.90 Å². The number of hydrogen-bond donors (Lipinski definition) is 1. The summed E-state index contributed by atoms with van der Waals surface area (Å²) in [5, 5.41) is 5.15. The van der Waals surface area contributed by atoms with Crippen LogP contribution in [0.2, 0.25) is 5.15 Å². The summed E-state index contributed by atoms with van der Waals surface area (Å²) in [5.41, 5.74) is 1.47. The molecule has 1 aliphatic carbocycles. The summed E-state index contributed by atoms with van der Waals surface area (Å²) < 4.78 is 2.33. The van der Waals surface area contributed by atoms with Crippen LogP contribution in [0, 0.1) is 5.92 Å². The molecule has 3 unspecified atom stereocenters. The van der Waals surface area contributed by atoms with E-state index in [1.54, 1.807) is 6.33 Å². The first-order chi connectivity index (χ1) is 12.3. The maximum absolute atomic E-state index is 6.21. The van der Waals surface area contributed by atoms with Crippen molar-refractivity contribution in [3.05, 3.63) is 23.7 Å². The van der Waals surface area contributed by atoms with Gasteiger partial charge in [0, 0.05) is 37.4 Å². The lowest BCUT2D eigenvalue weighted by molar-refractivity contribution is -0.0417. The van der Waals surface area contributed by atoms with Crippen molar-refractivity contribution in [2.24, 2.45) is 5.92 Å². The molecule has 3 atom stereocenters. The number of halogens is 1. The molecule has 2 aromatic rings. The van der Waals surface area contributed by atoms with Gasteiger partial charge in [0.2, 0.25) is 0 Å². The van der Waals surface area contributed by atoms with Gasteiger partial charge in [0.25, 0.3) is 0 Å². The normalized spacial score (nSPS) is 33.2. The van der Waals surface area contributed by atoms with Gasteiger partial charge in [-0.25, -0.2) is 9.97 Å². The van der Waals surface area contributed by atoms with Crippen LogP contribution in [-0.2, 0) is 0 Å². The Morgan fingerprint density at radius 3 is 3.04 bits per heavy atom. The first-order valence-corrected chi connectivity index (χ1v) is 10.1. The lowest BCUT2D eigenvalue weighted by Crippen LogP contribution is -2.66. The second-order valence-corrected chi connectivity index (χ2v) is 8.52. The average molecular weight is 360 g/mol. The summed E-state index contributed by atoms with van der Waals surface area (Å²) in [4.78, 5) is 11.4. The first kappa shape index (κ1) is 16.0. The van der Waals surface area contributed by atoms with E-state index in [1.165, 1.54) is 64.7 Å². The Labute approximate surface area is 153 Å². The largest absolute Gasteiger partial charge is 0.329 e. The molecule has 1 spiro atoms. The fraction of sp³-hybridized carbons (Fsp3) is 0.684. The molecule has 1 N–H and O–H groups in total. The second-order valence-electron chi connectivity index (χ2n) is 8.16. The molecule has 0 amide bonds. The van der Waals surface area contributed by atoms with Crippen molar-refractivity contribution >= 4 is 22.6 Å². The Hall–Kier alpha value is -1.17. The van der Waals surface area contributed by atoms with E-state index < -0.39 is 0 Å². The summed E-state index contributed by atoms with van der Waals surface area (Å²) in [6.07, 6.45) is 11.6. The summed E-state index contributed by atoms with van der Waals surface area (Å²) in [7, 11) is 0. The molecule has 5 nitrogen and oxygen atoms in total. The van der Waals surface area contributed by atoms with E-state index in [4.69, 9.17) is 11.6 Å². The molecule has 3 aliphatic rings. The van der Waals surface area contributed by atoms with Gasteiger partial charge in [-0.05, 0) is 57.1 Å². The minimum absolute atomic E-state index is 0.483. The number of rotatable bonds is 3. The van der Waals surface area contributed by atoms with Crippen molar-refractivity contribution in [3.8, 4) is 0 Å². The second kappa shape index (κ2) is 6.22. The SMILES string of the molecule is Clc1ncnc2c1ccn2C1CCC(CN2CCC23CCCNC3)C1. The van der Waals surface area contributed by atoms with Gasteiger partial charge in [0.05, 0.1) is 5.39 Å². The predicted octanol–water partition coefficient (Wildman–Crippen LogP) is 3.25. The third-order valence-electron chi connectivity index (χ3n) is 6.81. The highest BCUT2D eigenvalue weighted by atomic mass is 35.5. The average Bonchev–Trinajstić information content (AvgIpc) is 3.27. The van der Waals surface area contributed by atoms with Gasteiger partial charge < -0.3 is 9.88 Å². The fourth-order valence-corrected chi connectivity index (χ4v) is 5.51. The molecular formula is C19H26ClN5. The van der Waals surface area contributed by atoms with Crippen LogP contribution in [0.4, 0.5) is 0 Å². The highest BCUT2D eigenvalue weighted by Gasteiger charge is 2.46. The van der Waals surface area contributed by atoms with Gasteiger partial charge in [-0.15, -0.1) is 0 Å². The number of fused-ring (bicyclic) bond motifs is 1. The van der Waals surface area contributed by atoms with Crippen molar-refractivity contribution in [3.63, 3.8) is 0 Å². The molecule has 1 saturated carbocycles. The highest BCUT2D eigenvalue weighted by Crippen LogP contribution is 2.42. The Bertz CT molecular complexity index is 766. The van der Waals surface area contributed by atoms with Crippen LogP contribution < -0.4 is 5.32 Å². The maximum Gasteiger partial charge on any atom is 0.145 e. The molecule has 2 saturated heterocycles. The number of likely N-dealkylation sites (tertiary alicyclic amines) is 1. The quantitative estimate of drug-likeness (QED) is 0.854. The van der Waals surface area contributed by atoms with E-state index in [2.05, 4.69) is 37.0 Å². The van der Waals surface area contributed by atoms with Crippen LogP contribution in [-0.4, -0.2) is 51.2 Å². The van der Waals surface area contributed by atoms with Gasteiger partial charge in [0.15, 0.2) is 0 Å². The summed E-state index contributed by atoms with van der Waals surface area (Å²) >= 11 is 6.21. The highest BCUT2D eigenvalue weighted by molar-refractivity contribution is 6.33. The Kier molecular flexibility index (Phi) is 3.99. The van der Waals surface area contributed by atoms with E-state index in [-0.39, 0.29) is 0 Å². The monoisotopic (exact) mass is 359 g/mol. The van der Waals surface area contributed by atoms with Crippen molar-refractivity contribution in [1.82, 2.24) is 24.8 Å². The van der Waals surface area contributed by atoms with E-state index >= 15 is 0 Å². The fourth-order valence-electron chi connectivity index (χ4n) is 5.32. The first-order valence-electron chi connectivity index (χ1n) is 9.68. The minimum atomic E-state index is 0.483. The minimum Gasteiger partial charge on any atom is -0.329 e. The third kappa shape index (κ3) is 2.68. The smallest absolute Gasteiger partial charge is 0.145 e. The lowest BCUT2D eigenvalue weighted by atomic mass is 9.77. The molecule has 2 aromatic heterocycles. The van der Waals surface area contributed by atoms with Gasteiger partial charge >= 0.3 is 0 Å². The van der Waals surface area contributed by atoms with Crippen LogP contribution in [0.5, 0.6) is 0 Å². The molecule has 134 valence electrons. The maximum atomic E-state index is 6.21. The zero-order chi connectivity index (χ0) is 16.9. The summed E-state index contributed by atoms with van der Waals surface area (Å²) in [5.74, 6) is 0.805. The zero-order valence-electron chi connectivity index (χ0n) is 14.6. The predicted molar refractivity (Wildman–Crippen MR) is 99.9 cm³/mol. The molecular weight excluding hydrogens is 334 g/mol. The third-order valence-corrected chi connectivity index (χ3v) is 7.11. The van der Waals surface area contributed by atoms with Crippen molar-refractivity contribution < 1.29 is 0 Å². The van der Waals surface area contributed by atoms with Gasteiger partial charge in [-0.2, -0.15) is 0 Å². The van der Waals surface area contributed by atoms with E-state index in [0.717, 1.165) is 17.0 Å². The van der Waals surface area contributed by atoms with E-state index in [1.807, 2.05) is 0 Å². The Balaban J connectivity index is 1.27. The molecule has 2 aliphatic heterocycles. The number of piperidine rings is 1. The molecule has 25 heavy (non-hydrogen) atoms. The lowest BCUT2D eigenvalue weighted by Gasteiger charge is -2.56. The van der Waals surface area contributed by atoms with Crippen LogP contribution in [0.3, 0.4) is 0 Å². The number of aromatic nitrogens is 3. The topological polar surface area (TPSA) is 46.0 Å². The van der Waals surface area contributed by atoms with Gasteiger partial charge in [0.1, 0.15) is 17.1 Å². The molecule has 6 heteroatoms. The van der Waals surface area contributed by atoms with Crippen molar-refractivity contribution in [1.29, 1.82) is 0 Å². The van der Waals surface area contributed by atoms with E-state index in [0.29, 0.717) is 16.7 Å².